The highest BCUT2D eigenvalue weighted by Crippen LogP contribution is 2.24. The molecule has 0 spiro atoms. The first-order chi connectivity index (χ1) is 22.7. The highest BCUT2D eigenvalue weighted by molar-refractivity contribution is 5.73. The summed E-state index contributed by atoms with van der Waals surface area (Å²) in [6.45, 7) is 4.62. The lowest BCUT2D eigenvalue weighted by atomic mass is 9.96. The molecule has 275 valence electrons. The topological polar surface area (TPSA) is 164 Å². The van der Waals surface area contributed by atoms with E-state index in [-0.39, 0.29) is 19.1 Å². The van der Waals surface area contributed by atoms with Gasteiger partial charge >= 0.3 is 5.97 Å². The van der Waals surface area contributed by atoms with Crippen LogP contribution in [0.4, 0.5) is 0 Å². The molecule has 0 bridgehead atoms. The largest absolute Gasteiger partial charge is 0.464 e. The van der Waals surface area contributed by atoms with Crippen LogP contribution in [-0.4, -0.2) is 96.0 Å². The molecule has 1 aliphatic rings. The molecular formula is C36H67N2O9. The molecule has 1 heterocycles. The Morgan fingerprint density at radius 2 is 1.32 bits per heavy atom. The van der Waals surface area contributed by atoms with Crippen molar-refractivity contribution in [3.63, 3.8) is 0 Å². The van der Waals surface area contributed by atoms with Crippen molar-refractivity contribution >= 4 is 18.2 Å². The molecular weight excluding hydrogens is 604 g/mol. The minimum atomic E-state index is -1.49. The summed E-state index contributed by atoms with van der Waals surface area (Å²) < 4.78 is 16.3. The smallest absolute Gasteiger partial charge is 0.305 e. The van der Waals surface area contributed by atoms with Gasteiger partial charge in [-0.2, -0.15) is 0 Å². The van der Waals surface area contributed by atoms with Gasteiger partial charge in [0.05, 0.1) is 12.7 Å². The van der Waals surface area contributed by atoms with Gasteiger partial charge in [0.15, 0.2) is 6.29 Å². The molecule has 1 unspecified atom stereocenters. The average Bonchev–Trinajstić information content (AvgIpc) is 3.05. The van der Waals surface area contributed by atoms with Crippen LogP contribution in [0, 0.1) is 0 Å². The first kappa shape index (κ1) is 43.4. The molecule has 0 aromatic rings. The summed E-state index contributed by atoms with van der Waals surface area (Å²) in [7, 11) is 0. The summed E-state index contributed by atoms with van der Waals surface area (Å²) in [6.07, 6.45) is 21.1. The van der Waals surface area contributed by atoms with Gasteiger partial charge in [-0.15, -0.1) is 0 Å². The van der Waals surface area contributed by atoms with E-state index in [1.54, 1.807) is 6.92 Å². The molecule has 7 atom stereocenters. The Kier molecular flexibility index (Phi) is 26.1. The molecule has 1 aliphatic heterocycles. The van der Waals surface area contributed by atoms with E-state index in [1.165, 1.54) is 110 Å². The van der Waals surface area contributed by atoms with Crippen LogP contribution in [0.3, 0.4) is 0 Å². The minimum Gasteiger partial charge on any atom is -0.464 e. The third-order valence-electron chi connectivity index (χ3n) is 8.82. The molecule has 0 aliphatic carbocycles. The van der Waals surface area contributed by atoms with Gasteiger partial charge in [-0.25, -0.2) is 0 Å². The number of hydrogen-bond acceptors (Lipinski definition) is 10. The van der Waals surface area contributed by atoms with E-state index >= 15 is 0 Å². The zero-order valence-electron chi connectivity index (χ0n) is 29.6. The van der Waals surface area contributed by atoms with Crippen LogP contribution in [0.5, 0.6) is 0 Å². The lowest BCUT2D eigenvalue weighted by molar-refractivity contribution is -0.267. The number of aliphatic hydroxyl groups is 3. The van der Waals surface area contributed by atoms with Crippen molar-refractivity contribution in [3.8, 4) is 0 Å². The predicted molar refractivity (Wildman–Crippen MR) is 182 cm³/mol. The van der Waals surface area contributed by atoms with Gasteiger partial charge in [0.25, 0.3) is 0 Å². The first-order valence-electron chi connectivity index (χ1n) is 18.5. The molecule has 11 nitrogen and oxygen atoms in total. The Morgan fingerprint density at radius 3 is 1.77 bits per heavy atom. The van der Waals surface area contributed by atoms with Crippen LogP contribution in [0.1, 0.15) is 149 Å². The first-order valence-corrected chi connectivity index (χ1v) is 18.5. The number of rotatable bonds is 30. The van der Waals surface area contributed by atoms with Crippen molar-refractivity contribution in [2.75, 3.05) is 19.8 Å². The summed E-state index contributed by atoms with van der Waals surface area (Å²) in [5.41, 5.74) is 0. The highest BCUT2D eigenvalue weighted by atomic mass is 16.6. The van der Waals surface area contributed by atoms with Crippen LogP contribution in [-0.2, 0) is 28.6 Å². The lowest BCUT2D eigenvalue weighted by Crippen LogP contribution is -2.65. The number of esters is 1. The van der Waals surface area contributed by atoms with Crippen LogP contribution in [0.2, 0.25) is 0 Å². The number of ether oxygens (including phenoxy) is 3. The van der Waals surface area contributed by atoms with Gasteiger partial charge in [0.1, 0.15) is 37.0 Å². The standard InChI is InChI=1S/C36H67N2O9/c1-4-5-6-7-8-9-10-11-12-13-14-15-16-17-18-19-20-21-22-23-32(42)45-27-30(25-39)37-24-28(2)46-35-33(38-29(3)41)36(44)47-31(26-40)34(35)43/h28,30-31,33-37,40,43-44H,4-24,26-27H2,1-3H3,(H,38,41)/t28?,30-,31-,33-,34-,35-,36+/m1/s1. The fourth-order valence-corrected chi connectivity index (χ4v) is 5.99. The van der Waals surface area contributed by atoms with E-state index < -0.39 is 55.3 Å². The zero-order chi connectivity index (χ0) is 34.7. The maximum Gasteiger partial charge on any atom is 0.305 e. The van der Waals surface area contributed by atoms with Crippen LogP contribution < -0.4 is 10.6 Å². The molecule has 1 amide bonds. The molecule has 1 rings (SSSR count). The molecule has 11 heteroatoms. The minimum absolute atomic E-state index is 0.132. The number of nitrogens with one attached hydrogen (secondary N) is 2. The summed E-state index contributed by atoms with van der Waals surface area (Å²) >= 11 is 0. The molecule has 1 fully saturated rings. The van der Waals surface area contributed by atoms with E-state index in [0.717, 1.165) is 19.3 Å². The summed E-state index contributed by atoms with van der Waals surface area (Å²) in [6, 6.07) is -1.93. The molecule has 0 aromatic carbocycles. The average molecular weight is 672 g/mol. The molecule has 0 aromatic heterocycles. The molecule has 1 saturated heterocycles. The molecule has 0 saturated carbocycles. The maximum absolute atomic E-state index is 12.2. The van der Waals surface area contributed by atoms with Crippen molar-refractivity contribution in [2.24, 2.45) is 0 Å². The number of carbonyl (C=O) groups is 2. The Morgan fingerprint density at radius 1 is 0.830 bits per heavy atom. The summed E-state index contributed by atoms with van der Waals surface area (Å²) in [4.78, 5) is 35.2. The SMILES string of the molecule is CCCCCCCCCCCCCCCCCCCCCC(=O)OC[C@@H]([C]=O)NCC(C)O[C@H]1[C@H](O)[C@@H](CO)O[C@H](O)[C@@H]1NC(C)=O. The van der Waals surface area contributed by atoms with Crippen molar-refractivity contribution < 1.29 is 43.9 Å². The third-order valence-corrected chi connectivity index (χ3v) is 8.82. The van der Waals surface area contributed by atoms with Crippen molar-refractivity contribution in [3.05, 3.63) is 0 Å². The second-order valence-corrected chi connectivity index (χ2v) is 13.3. The lowest BCUT2D eigenvalue weighted by Gasteiger charge is -2.43. The fourth-order valence-electron chi connectivity index (χ4n) is 5.99. The normalized spacial score (nSPS) is 22.5. The maximum atomic E-state index is 12.2. The van der Waals surface area contributed by atoms with Gasteiger partial charge in [-0.3, -0.25) is 14.4 Å². The molecule has 5 N–H and O–H groups in total. The Hall–Kier alpha value is -1.63. The van der Waals surface area contributed by atoms with E-state index in [9.17, 15) is 29.7 Å². The van der Waals surface area contributed by atoms with Crippen molar-refractivity contribution in [2.45, 2.75) is 192 Å². The van der Waals surface area contributed by atoms with E-state index in [4.69, 9.17) is 14.2 Å². The van der Waals surface area contributed by atoms with Crippen molar-refractivity contribution in [1.82, 2.24) is 10.6 Å². The molecule has 1 radical (unpaired) electrons. The number of unbranched alkanes of at least 4 members (excludes halogenated alkanes) is 18. The number of carbonyl (C=O) groups excluding carboxylic acids is 3. The van der Waals surface area contributed by atoms with E-state index in [0.29, 0.717) is 6.42 Å². The fraction of sp³-hybridized carbons (Fsp3) is 0.917. The Bertz CT molecular complexity index is 802. The van der Waals surface area contributed by atoms with E-state index in [1.807, 2.05) is 6.29 Å². The van der Waals surface area contributed by atoms with Crippen molar-refractivity contribution in [1.29, 1.82) is 0 Å². The highest BCUT2D eigenvalue weighted by Gasteiger charge is 2.46. The van der Waals surface area contributed by atoms with Crippen LogP contribution in [0.15, 0.2) is 0 Å². The number of aliphatic hydroxyl groups excluding tert-OH is 3. The predicted octanol–water partition coefficient (Wildman–Crippen LogP) is 4.77. The van der Waals surface area contributed by atoms with Gasteiger partial charge in [-0.05, 0) is 13.3 Å². The zero-order valence-corrected chi connectivity index (χ0v) is 29.6. The number of hydrogen-bond donors (Lipinski definition) is 5. The molecule has 47 heavy (non-hydrogen) atoms. The Labute approximate surface area is 284 Å². The van der Waals surface area contributed by atoms with Gasteiger partial charge in [-0.1, -0.05) is 122 Å². The summed E-state index contributed by atoms with van der Waals surface area (Å²) in [5, 5.41) is 35.7. The van der Waals surface area contributed by atoms with Gasteiger partial charge in [0, 0.05) is 19.9 Å². The quantitative estimate of drug-likeness (QED) is 0.0531. The summed E-state index contributed by atoms with van der Waals surface area (Å²) in [5.74, 6) is -0.805. The Balaban J connectivity index is 2.07. The van der Waals surface area contributed by atoms with Crippen LogP contribution in [0.25, 0.3) is 0 Å². The van der Waals surface area contributed by atoms with E-state index in [2.05, 4.69) is 17.6 Å². The monoisotopic (exact) mass is 671 g/mol. The number of amides is 1. The van der Waals surface area contributed by atoms with Gasteiger partial charge in [0.2, 0.25) is 12.2 Å². The second kappa shape index (κ2) is 28.2. The van der Waals surface area contributed by atoms with Crippen LogP contribution >= 0.6 is 0 Å². The third kappa shape index (κ3) is 21.1. The van der Waals surface area contributed by atoms with Gasteiger partial charge < -0.3 is 40.2 Å². The second-order valence-electron chi connectivity index (χ2n) is 13.3.